The van der Waals surface area contributed by atoms with E-state index in [1.807, 2.05) is 39.8 Å². The van der Waals surface area contributed by atoms with Crippen LogP contribution in [0.3, 0.4) is 0 Å². The first-order valence-electron chi connectivity index (χ1n) is 6.81. The molecule has 1 aromatic rings. The number of thioether (sulfide) groups is 1. The number of hydrogen-bond acceptors (Lipinski definition) is 3. The molecule has 0 aliphatic heterocycles. The van der Waals surface area contributed by atoms with Gasteiger partial charge in [0.1, 0.15) is 0 Å². The van der Waals surface area contributed by atoms with E-state index in [0.29, 0.717) is 5.75 Å². The molecule has 0 heterocycles. The van der Waals surface area contributed by atoms with E-state index in [1.165, 1.54) is 29.8 Å². The Morgan fingerprint density at radius 1 is 1.25 bits per heavy atom. The van der Waals surface area contributed by atoms with Gasteiger partial charge >= 0.3 is 0 Å². The van der Waals surface area contributed by atoms with E-state index < -0.39 is 0 Å². The van der Waals surface area contributed by atoms with Gasteiger partial charge in [-0.05, 0) is 38.3 Å². The molecular formula is C16H23NO2S. The number of ketones is 1. The quantitative estimate of drug-likeness (QED) is 0.820. The highest BCUT2D eigenvalue weighted by molar-refractivity contribution is 8.00. The number of carbonyl (C=O) groups excluding carboxylic acids is 2. The zero-order valence-corrected chi connectivity index (χ0v) is 13.6. The van der Waals surface area contributed by atoms with E-state index in [-0.39, 0.29) is 23.7 Å². The van der Waals surface area contributed by atoms with E-state index in [9.17, 15) is 9.59 Å². The molecule has 0 saturated carbocycles. The number of hydrogen-bond donors (Lipinski definition) is 1. The fourth-order valence-electron chi connectivity index (χ4n) is 2.06. The van der Waals surface area contributed by atoms with Gasteiger partial charge in [0.2, 0.25) is 5.91 Å². The van der Waals surface area contributed by atoms with E-state index in [1.54, 1.807) is 0 Å². The lowest BCUT2D eigenvalue weighted by Gasteiger charge is -2.19. The number of nitrogens with one attached hydrogen (secondary N) is 1. The molecule has 0 aliphatic rings. The van der Waals surface area contributed by atoms with Gasteiger partial charge in [-0.15, -0.1) is 11.8 Å². The third kappa shape index (κ3) is 5.00. The van der Waals surface area contributed by atoms with E-state index >= 15 is 0 Å². The molecule has 0 spiro atoms. The predicted molar refractivity (Wildman–Crippen MR) is 84.1 cm³/mol. The van der Waals surface area contributed by atoms with Crippen LogP contribution in [0.4, 0.5) is 0 Å². The molecule has 0 aromatic heterocycles. The first kappa shape index (κ1) is 16.8. The Bertz CT molecular complexity index is 497. The summed E-state index contributed by atoms with van der Waals surface area (Å²) < 4.78 is 0. The van der Waals surface area contributed by atoms with Crippen LogP contribution in [0.5, 0.6) is 0 Å². The zero-order valence-electron chi connectivity index (χ0n) is 12.8. The minimum atomic E-state index is -0.387. The standard InChI is InChI=1S/C16H23NO2S/c1-10(2)16(13(5)18)17-15(19)9-20-14-7-6-11(3)8-12(14)4/h6-8,10,16H,9H2,1-5H3,(H,17,19). The van der Waals surface area contributed by atoms with Crippen molar-refractivity contribution in [3.63, 3.8) is 0 Å². The van der Waals surface area contributed by atoms with Crippen LogP contribution in [-0.4, -0.2) is 23.5 Å². The Kier molecular flexibility index (Phi) is 6.27. The van der Waals surface area contributed by atoms with Crippen molar-refractivity contribution in [1.29, 1.82) is 0 Å². The molecule has 1 N–H and O–H groups in total. The second kappa shape index (κ2) is 7.48. The van der Waals surface area contributed by atoms with Crippen LogP contribution in [-0.2, 0) is 9.59 Å². The summed E-state index contributed by atoms with van der Waals surface area (Å²) in [5, 5.41) is 2.81. The van der Waals surface area contributed by atoms with Crippen molar-refractivity contribution in [3.8, 4) is 0 Å². The number of amides is 1. The highest BCUT2D eigenvalue weighted by Gasteiger charge is 2.20. The van der Waals surface area contributed by atoms with Crippen LogP contribution >= 0.6 is 11.8 Å². The molecule has 1 atom stereocenters. The second-order valence-corrected chi connectivity index (χ2v) is 6.47. The number of benzene rings is 1. The maximum absolute atomic E-state index is 11.9. The smallest absolute Gasteiger partial charge is 0.230 e. The van der Waals surface area contributed by atoms with Crippen LogP contribution in [0.15, 0.2) is 23.1 Å². The van der Waals surface area contributed by atoms with Gasteiger partial charge in [-0.3, -0.25) is 9.59 Å². The Morgan fingerprint density at radius 3 is 2.40 bits per heavy atom. The Hall–Kier alpha value is -1.29. The molecule has 1 aromatic carbocycles. The molecule has 1 amide bonds. The minimum Gasteiger partial charge on any atom is -0.345 e. The fraction of sp³-hybridized carbons (Fsp3) is 0.500. The number of carbonyl (C=O) groups is 2. The number of aryl methyl sites for hydroxylation is 2. The van der Waals surface area contributed by atoms with Gasteiger partial charge < -0.3 is 5.32 Å². The summed E-state index contributed by atoms with van der Waals surface area (Å²) in [5.41, 5.74) is 2.39. The second-order valence-electron chi connectivity index (χ2n) is 5.46. The molecule has 1 rings (SSSR count). The Labute approximate surface area is 125 Å². The van der Waals surface area contributed by atoms with Crippen LogP contribution in [0.25, 0.3) is 0 Å². The van der Waals surface area contributed by atoms with Crippen LogP contribution < -0.4 is 5.32 Å². The molecule has 4 heteroatoms. The molecule has 0 bridgehead atoms. The highest BCUT2D eigenvalue weighted by Crippen LogP contribution is 2.23. The highest BCUT2D eigenvalue weighted by atomic mass is 32.2. The number of rotatable bonds is 6. The third-order valence-electron chi connectivity index (χ3n) is 3.11. The average Bonchev–Trinajstić information content (AvgIpc) is 2.34. The van der Waals surface area contributed by atoms with Crippen LogP contribution in [0.2, 0.25) is 0 Å². The molecule has 0 radical (unpaired) electrons. The minimum absolute atomic E-state index is 0.00451. The van der Waals surface area contributed by atoms with Gasteiger partial charge in [-0.25, -0.2) is 0 Å². The van der Waals surface area contributed by atoms with Crippen LogP contribution in [0.1, 0.15) is 31.9 Å². The van der Waals surface area contributed by atoms with Gasteiger partial charge in [-0.1, -0.05) is 31.5 Å². The topological polar surface area (TPSA) is 46.2 Å². The summed E-state index contributed by atoms with van der Waals surface area (Å²) in [7, 11) is 0. The monoisotopic (exact) mass is 293 g/mol. The van der Waals surface area contributed by atoms with Crippen molar-refractivity contribution in [2.24, 2.45) is 5.92 Å². The molecular weight excluding hydrogens is 270 g/mol. The summed E-state index contributed by atoms with van der Waals surface area (Å²) >= 11 is 1.51. The van der Waals surface area contributed by atoms with Crippen molar-refractivity contribution < 1.29 is 9.59 Å². The lowest BCUT2D eigenvalue weighted by Crippen LogP contribution is -2.44. The molecule has 3 nitrogen and oxygen atoms in total. The SMILES string of the molecule is CC(=O)C(NC(=O)CSc1ccc(C)cc1C)C(C)C. The maximum atomic E-state index is 11.9. The molecule has 110 valence electrons. The zero-order chi connectivity index (χ0) is 15.3. The van der Waals surface area contributed by atoms with Crippen molar-refractivity contribution in [3.05, 3.63) is 29.3 Å². The van der Waals surface area contributed by atoms with E-state index in [0.717, 1.165) is 4.90 Å². The number of Topliss-reactive ketones (excluding diaryl/α,β-unsaturated/α-hetero) is 1. The van der Waals surface area contributed by atoms with E-state index in [2.05, 4.69) is 11.4 Å². The summed E-state index contributed by atoms with van der Waals surface area (Å²) in [6.45, 7) is 9.48. The third-order valence-corrected chi connectivity index (χ3v) is 4.29. The van der Waals surface area contributed by atoms with E-state index in [4.69, 9.17) is 0 Å². The summed E-state index contributed by atoms with van der Waals surface area (Å²) in [6.07, 6.45) is 0. The molecule has 1 unspecified atom stereocenters. The first-order chi connectivity index (χ1) is 9.31. The molecule has 20 heavy (non-hydrogen) atoms. The predicted octanol–water partition coefficient (Wildman–Crippen LogP) is 3.13. The maximum Gasteiger partial charge on any atom is 0.230 e. The summed E-state index contributed by atoms with van der Waals surface area (Å²) in [4.78, 5) is 24.5. The Balaban J connectivity index is 2.57. The van der Waals surface area contributed by atoms with Gasteiger partial charge in [0.15, 0.2) is 5.78 Å². The molecule has 0 fully saturated rings. The van der Waals surface area contributed by atoms with Crippen molar-refractivity contribution in [2.75, 3.05) is 5.75 Å². The van der Waals surface area contributed by atoms with Crippen molar-refractivity contribution in [2.45, 2.75) is 45.6 Å². The summed E-state index contributed by atoms with van der Waals surface area (Å²) in [6, 6.07) is 5.79. The summed E-state index contributed by atoms with van der Waals surface area (Å²) in [5.74, 6) is 0.358. The van der Waals surface area contributed by atoms with Crippen molar-refractivity contribution in [1.82, 2.24) is 5.32 Å². The fourth-order valence-corrected chi connectivity index (χ4v) is 2.88. The van der Waals surface area contributed by atoms with Gasteiger partial charge in [0.25, 0.3) is 0 Å². The average molecular weight is 293 g/mol. The molecule has 0 saturated heterocycles. The van der Waals surface area contributed by atoms with Gasteiger partial charge in [0.05, 0.1) is 11.8 Å². The van der Waals surface area contributed by atoms with Gasteiger partial charge in [0, 0.05) is 4.90 Å². The lowest BCUT2D eigenvalue weighted by atomic mass is 10.0. The largest absolute Gasteiger partial charge is 0.345 e. The first-order valence-corrected chi connectivity index (χ1v) is 7.79. The van der Waals surface area contributed by atoms with Crippen LogP contribution in [0, 0.1) is 19.8 Å². The van der Waals surface area contributed by atoms with Gasteiger partial charge in [-0.2, -0.15) is 0 Å². The molecule has 0 aliphatic carbocycles. The lowest BCUT2D eigenvalue weighted by molar-refractivity contribution is -0.126. The normalized spacial score (nSPS) is 12.3. The van der Waals surface area contributed by atoms with Crippen molar-refractivity contribution >= 4 is 23.5 Å². The Morgan fingerprint density at radius 2 is 1.90 bits per heavy atom.